The number of benzene rings is 2. The van der Waals surface area contributed by atoms with Crippen LogP contribution in [0.3, 0.4) is 0 Å². The van der Waals surface area contributed by atoms with Crippen LogP contribution in [0.25, 0.3) is 0 Å². The van der Waals surface area contributed by atoms with Gasteiger partial charge < -0.3 is 15.2 Å². The Hall–Kier alpha value is -2.37. The summed E-state index contributed by atoms with van der Waals surface area (Å²) in [7, 11) is 0. The molecule has 0 aliphatic rings. The Bertz CT molecular complexity index is 704. The summed E-state index contributed by atoms with van der Waals surface area (Å²) >= 11 is 5.85. The Kier molecular flexibility index (Phi) is 8.12. The predicted molar refractivity (Wildman–Crippen MR) is 99.9 cm³/mol. The number of aliphatic carboxylic acids is 1. The minimum Gasteiger partial charge on any atom is -0.481 e. The Morgan fingerprint density at radius 3 is 2.42 bits per heavy atom. The monoisotopic (exact) mass is 375 g/mol. The maximum atomic E-state index is 12.1. The van der Waals surface area contributed by atoms with Gasteiger partial charge in [-0.3, -0.25) is 9.59 Å². The topological polar surface area (TPSA) is 75.6 Å². The lowest BCUT2D eigenvalue weighted by atomic mass is 10.0. The average Bonchev–Trinajstić information content (AvgIpc) is 2.62. The molecule has 5 nitrogen and oxygen atoms in total. The van der Waals surface area contributed by atoms with Crippen molar-refractivity contribution in [3.8, 4) is 0 Å². The lowest BCUT2D eigenvalue weighted by molar-refractivity contribution is -0.137. The number of nitrogens with one attached hydrogen (secondary N) is 1. The number of carboxylic acid groups (broad SMARTS) is 1. The van der Waals surface area contributed by atoms with Crippen molar-refractivity contribution in [2.75, 3.05) is 6.61 Å². The van der Waals surface area contributed by atoms with E-state index in [1.807, 2.05) is 30.3 Å². The maximum Gasteiger partial charge on any atom is 0.305 e. The summed E-state index contributed by atoms with van der Waals surface area (Å²) in [6.07, 6.45) is 0.662. The number of amides is 1. The number of carboxylic acids is 1. The van der Waals surface area contributed by atoms with Gasteiger partial charge in [0.25, 0.3) is 0 Å². The molecule has 1 amide bonds. The smallest absolute Gasteiger partial charge is 0.305 e. The van der Waals surface area contributed by atoms with Gasteiger partial charge in [0.15, 0.2) is 0 Å². The molecule has 0 aromatic heterocycles. The van der Waals surface area contributed by atoms with E-state index < -0.39 is 12.0 Å². The van der Waals surface area contributed by atoms with E-state index in [2.05, 4.69) is 5.32 Å². The van der Waals surface area contributed by atoms with Crippen molar-refractivity contribution >= 4 is 23.5 Å². The third-order valence-electron chi connectivity index (χ3n) is 3.79. The van der Waals surface area contributed by atoms with Crippen LogP contribution in [0.4, 0.5) is 0 Å². The molecule has 2 aromatic rings. The molecule has 2 N–H and O–H groups in total. The first-order chi connectivity index (χ1) is 12.5. The van der Waals surface area contributed by atoms with E-state index in [0.717, 1.165) is 5.56 Å². The van der Waals surface area contributed by atoms with Gasteiger partial charge in [-0.25, -0.2) is 0 Å². The van der Waals surface area contributed by atoms with Gasteiger partial charge >= 0.3 is 5.97 Å². The van der Waals surface area contributed by atoms with Crippen molar-refractivity contribution in [3.05, 3.63) is 70.7 Å². The van der Waals surface area contributed by atoms with E-state index in [9.17, 15) is 9.59 Å². The molecule has 0 fully saturated rings. The molecule has 0 saturated carbocycles. The SMILES string of the molecule is O=C(O)C[C@H](NC(=O)CCCOCc1ccccc1)c1ccc(Cl)cc1. The highest BCUT2D eigenvalue weighted by atomic mass is 35.5. The van der Waals surface area contributed by atoms with Gasteiger partial charge in [-0.05, 0) is 29.7 Å². The number of hydrogen-bond acceptors (Lipinski definition) is 3. The number of carbonyl (C=O) groups excluding carboxylic acids is 1. The van der Waals surface area contributed by atoms with Crippen LogP contribution in [0.15, 0.2) is 54.6 Å². The first kappa shape index (κ1) is 19.9. The number of halogens is 1. The van der Waals surface area contributed by atoms with Gasteiger partial charge in [0.05, 0.1) is 19.1 Å². The van der Waals surface area contributed by atoms with Gasteiger partial charge in [-0.1, -0.05) is 54.1 Å². The standard InChI is InChI=1S/C20H22ClNO4/c21-17-10-8-16(9-11-17)18(13-20(24)25)22-19(23)7-4-12-26-14-15-5-2-1-3-6-15/h1-3,5-6,8-11,18H,4,7,12-14H2,(H,22,23)(H,24,25)/t18-/m0/s1. The van der Waals surface area contributed by atoms with E-state index in [0.29, 0.717) is 30.2 Å². The van der Waals surface area contributed by atoms with Crippen molar-refractivity contribution in [2.24, 2.45) is 0 Å². The van der Waals surface area contributed by atoms with E-state index in [4.69, 9.17) is 21.4 Å². The highest BCUT2D eigenvalue weighted by Gasteiger charge is 2.17. The minimum atomic E-state index is -0.976. The number of carbonyl (C=O) groups is 2. The highest BCUT2D eigenvalue weighted by molar-refractivity contribution is 6.30. The predicted octanol–water partition coefficient (Wildman–Crippen LogP) is 3.97. The van der Waals surface area contributed by atoms with Crippen molar-refractivity contribution < 1.29 is 19.4 Å². The van der Waals surface area contributed by atoms with Crippen molar-refractivity contribution in [2.45, 2.75) is 31.9 Å². The number of rotatable bonds is 10. The van der Waals surface area contributed by atoms with Gasteiger partial charge in [-0.2, -0.15) is 0 Å². The molecule has 2 aromatic carbocycles. The summed E-state index contributed by atoms with van der Waals surface area (Å²) < 4.78 is 5.55. The summed E-state index contributed by atoms with van der Waals surface area (Å²) in [5, 5.41) is 12.4. The second-order valence-corrected chi connectivity index (χ2v) is 6.35. The molecule has 0 aliphatic heterocycles. The van der Waals surface area contributed by atoms with Crippen molar-refractivity contribution in [1.82, 2.24) is 5.32 Å². The third-order valence-corrected chi connectivity index (χ3v) is 4.04. The summed E-state index contributed by atoms with van der Waals surface area (Å²) in [6.45, 7) is 0.974. The Morgan fingerprint density at radius 1 is 1.08 bits per heavy atom. The average molecular weight is 376 g/mol. The zero-order valence-electron chi connectivity index (χ0n) is 14.4. The van der Waals surface area contributed by atoms with Crippen LogP contribution in [0.2, 0.25) is 5.02 Å². The summed E-state index contributed by atoms with van der Waals surface area (Å²) in [5.41, 5.74) is 1.80. The highest BCUT2D eigenvalue weighted by Crippen LogP contribution is 2.19. The summed E-state index contributed by atoms with van der Waals surface area (Å²) in [5.74, 6) is -1.18. The molecule has 26 heavy (non-hydrogen) atoms. The van der Waals surface area contributed by atoms with Crippen LogP contribution in [0.5, 0.6) is 0 Å². The normalized spacial score (nSPS) is 11.7. The molecule has 2 rings (SSSR count). The van der Waals surface area contributed by atoms with Gasteiger partial charge in [-0.15, -0.1) is 0 Å². The molecule has 0 radical (unpaired) electrons. The zero-order valence-corrected chi connectivity index (χ0v) is 15.1. The van der Waals surface area contributed by atoms with E-state index in [1.165, 1.54) is 0 Å². The maximum absolute atomic E-state index is 12.1. The first-order valence-electron chi connectivity index (χ1n) is 8.43. The molecule has 138 valence electrons. The van der Waals surface area contributed by atoms with Crippen LogP contribution >= 0.6 is 11.6 Å². The summed E-state index contributed by atoms with van der Waals surface area (Å²) in [4.78, 5) is 23.2. The zero-order chi connectivity index (χ0) is 18.8. The fourth-order valence-electron chi connectivity index (χ4n) is 2.49. The quantitative estimate of drug-likeness (QED) is 0.616. The minimum absolute atomic E-state index is 0.183. The molecule has 0 unspecified atom stereocenters. The van der Waals surface area contributed by atoms with Crippen LogP contribution in [0, 0.1) is 0 Å². The van der Waals surface area contributed by atoms with Gasteiger partial charge in [0.2, 0.25) is 5.91 Å². The van der Waals surface area contributed by atoms with Gasteiger partial charge in [0.1, 0.15) is 0 Å². The van der Waals surface area contributed by atoms with Crippen LogP contribution in [-0.4, -0.2) is 23.6 Å². The molecule has 6 heteroatoms. The first-order valence-corrected chi connectivity index (χ1v) is 8.80. The Morgan fingerprint density at radius 2 is 1.77 bits per heavy atom. The third kappa shape index (κ3) is 7.25. The molecule has 0 heterocycles. The van der Waals surface area contributed by atoms with Crippen LogP contribution in [0.1, 0.15) is 36.4 Å². The number of ether oxygens (including phenoxy) is 1. The lowest BCUT2D eigenvalue weighted by Crippen LogP contribution is -2.30. The molecular formula is C20H22ClNO4. The van der Waals surface area contributed by atoms with E-state index in [-0.39, 0.29) is 18.7 Å². The lowest BCUT2D eigenvalue weighted by Gasteiger charge is -2.17. The van der Waals surface area contributed by atoms with E-state index >= 15 is 0 Å². The molecule has 0 bridgehead atoms. The van der Waals surface area contributed by atoms with E-state index in [1.54, 1.807) is 24.3 Å². The van der Waals surface area contributed by atoms with Crippen LogP contribution < -0.4 is 5.32 Å². The molecule has 1 atom stereocenters. The Labute approximate surface area is 157 Å². The van der Waals surface area contributed by atoms with Crippen molar-refractivity contribution in [3.63, 3.8) is 0 Å². The molecular weight excluding hydrogens is 354 g/mol. The summed E-state index contributed by atoms with van der Waals surface area (Å²) in [6, 6.07) is 16.0. The molecule has 0 spiro atoms. The van der Waals surface area contributed by atoms with Crippen LogP contribution in [-0.2, 0) is 20.9 Å². The second-order valence-electron chi connectivity index (χ2n) is 5.91. The largest absolute Gasteiger partial charge is 0.481 e. The molecule has 0 aliphatic carbocycles. The number of hydrogen-bond donors (Lipinski definition) is 2. The second kappa shape index (κ2) is 10.6. The van der Waals surface area contributed by atoms with Crippen molar-refractivity contribution in [1.29, 1.82) is 0 Å². The fourth-order valence-corrected chi connectivity index (χ4v) is 2.61. The molecule has 0 saturated heterocycles. The Balaban J connectivity index is 1.76. The van der Waals surface area contributed by atoms with Gasteiger partial charge in [0, 0.05) is 18.1 Å². The fraction of sp³-hybridized carbons (Fsp3) is 0.300.